The van der Waals surface area contributed by atoms with Gasteiger partial charge in [-0.2, -0.15) is 0 Å². The van der Waals surface area contributed by atoms with E-state index < -0.39 is 0 Å². The molecule has 1 nitrogen and oxygen atoms in total. The Kier molecular flexibility index (Phi) is 4.32. The second-order valence-electron chi connectivity index (χ2n) is 5.98. The van der Waals surface area contributed by atoms with Crippen molar-refractivity contribution in [2.24, 2.45) is 0 Å². The first kappa shape index (κ1) is 14.6. The van der Waals surface area contributed by atoms with Crippen LogP contribution in [0, 0.1) is 6.92 Å². The van der Waals surface area contributed by atoms with Crippen LogP contribution >= 0.6 is 11.6 Å². The highest BCUT2D eigenvalue weighted by Gasteiger charge is 2.24. The van der Waals surface area contributed by atoms with Gasteiger partial charge in [0.1, 0.15) is 0 Å². The summed E-state index contributed by atoms with van der Waals surface area (Å²) in [4.78, 5) is 0. The van der Waals surface area contributed by atoms with Crippen molar-refractivity contribution in [3.63, 3.8) is 0 Å². The number of halogens is 1. The quantitative estimate of drug-likeness (QED) is 0.799. The van der Waals surface area contributed by atoms with E-state index in [2.05, 4.69) is 49.5 Å². The molecular weight excluding hydrogens is 278 g/mol. The van der Waals surface area contributed by atoms with E-state index in [4.69, 9.17) is 11.6 Å². The van der Waals surface area contributed by atoms with E-state index >= 15 is 0 Å². The fourth-order valence-corrected chi connectivity index (χ4v) is 3.51. The molecule has 1 aliphatic rings. The first-order chi connectivity index (χ1) is 10.2. The minimum absolute atomic E-state index is 0.361. The van der Waals surface area contributed by atoms with Crippen molar-refractivity contribution < 1.29 is 0 Å². The van der Waals surface area contributed by atoms with E-state index in [1.807, 2.05) is 12.1 Å². The zero-order valence-electron chi connectivity index (χ0n) is 12.7. The Morgan fingerprint density at radius 3 is 2.86 bits per heavy atom. The second kappa shape index (κ2) is 6.21. The molecule has 0 spiro atoms. The number of hydrogen-bond acceptors (Lipinski definition) is 1. The van der Waals surface area contributed by atoms with Gasteiger partial charge in [-0.05, 0) is 55.0 Å². The molecule has 2 atom stereocenters. The summed E-state index contributed by atoms with van der Waals surface area (Å²) in [7, 11) is 0. The van der Waals surface area contributed by atoms with Crippen LogP contribution in [-0.4, -0.2) is 0 Å². The maximum atomic E-state index is 6.14. The fourth-order valence-electron chi connectivity index (χ4n) is 3.31. The highest BCUT2D eigenvalue weighted by atomic mass is 35.5. The number of fused-ring (bicyclic) bond motifs is 1. The first-order valence-corrected chi connectivity index (χ1v) is 8.16. The van der Waals surface area contributed by atoms with E-state index in [1.165, 1.54) is 35.1 Å². The van der Waals surface area contributed by atoms with Gasteiger partial charge < -0.3 is 5.32 Å². The van der Waals surface area contributed by atoms with Crippen LogP contribution in [0.15, 0.2) is 42.5 Å². The Labute approximate surface area is 132 Å². The molecule has 1 N–H and O–H groups in total. The first-order valence-electron chi connectivity index (χ1n) is 7.78. The molecule has 0 saturated heterocycles. The molecule has 0 heterocycles. The van der Waals surface area contributed by atoms with Crippen LogP contribution < -0.4 is 5.32 Å². The van der Waals surface area contributed by atoms with E-state index in [-0.39, 0.29) is 0 Å². The van der Waals surface area contributed by atoms with Crippen molar-refractivity contribution in [2.45, 2.75) is 45.2 Å². The van der Waals surface area contributed by atoms with Gasteiger partial charge in [0.2, 0.25) is 0 Å². The van der Waals surface area contributed by atoms with Crippen LogP contribution in [-0.2, 0) is 6.42 Å². The third-order valence-electron chi connectivity index (χ3n) is 4.44. The zero-order valence-corrected chi connectivity index (χ0v) is 13.5. The van der Waals surface area contributed by atoms with Gasteiger partial charge in [0.15, 0.2) is 0 Å². The maximum Gasteiger partial charge on any atom is 0.0409 e. The summed E-state index contributed by atoms with van der Waals surface area (Å²) in [5.41, 5.74) is 5.61. The molecule has 1 aliphatic carbocycles. The summed E-state index contributed by atoms with van der Waals surface area (Å²) >= 11 is 6.14. The predicted octanol–water partition coefficient (Wildman–Crippen LogP) is 5.38. The molecule has 0 bridgehead atoms. The number of nitrogens with one attached hydrogen (secondary N) is 1. The van der Waals surface area contributed by atoms with Crippen LogP contribution in [0.3, 0.4) is 0 Å². The minimum Gasteiger partial charge on any atom is -0.303 e. The topological polar surface area (TPSA) is 12.0 Å². The Morgan fingerprint density at radius 2 is 2.10 bits per heavy atom. The van der Waals surface area contributed by atoms with Gasteiger partial charge in [-0.3, -0.25) is 0 Å². The summed E-state index contributed by atoms with van der Waals surface area (Å²) in [5, 5.41) is 4.65. The molecule has 0 radical (unpaired) electrons. The summed E-state index contributed by atoms with van der Waals surface area (Å²) in [5.74, 6) is 0. The lowest BCUT2D eigenvalue weighted by Crippen LogP contribution is -2.24. The number of benzene rings is 2. The summed E-state index contributed by atoms with van der Waals surface area (Å²) in [6.07, 6.45) is 3.44. The van der Waals surface area contributed by atoms with Crippen LogP contribution in [0.25, 0.3) is 0 Å². The standard InChI is InChI=1S/C19H22ClN/c1-3-18(15-5-4-6-16(20)12-15)21-19-10-9-14-8-7-13(2)11-17(14)19/h4-8,11-12,18-19,21H,3,9-10H2,1-2H3. The Bertz CT molecular complexity index is 635. The SMILES string of the molecule is CCC(NC1CCc2ccc(C)cc21)c1cccc(Cl)c1. The Morgan fingerprint density at radius 1 is 1.24 bits per heavy atom. The molecular formula is C19H22ClN. The molecule has 2 aromatic rings. The number of aryl methyl sites for hydroxylation is 2. The van der Waals surface area contributed by atoms with Gasteiger partial charge in [0, 0.05) is 17.1 Å². The van der Waals surface area contributed by atoms with E-state index in [1.54, 1.807) is 0 Å². The van der Waals surface area contributed by atoms with Gasteiger partial charge >= 0.3 is 0 Å². The van der Waals surface area contributed by atoms with Crippen LogP contribution in [0.4, 0.5) is 0 Å². The molecule has 3 rings (SSSR count). The zero-order chi connectivity index (χ0) is 14.8. The van der Waals surface area contributed by atoms with Crippen LogP contribution in [0.1, 0.15) is 54.1 Å². The van der Waals surface area contributed by atoms with E-state index in [9.17, 15) is 0 Å². The minimum atomic E-state index is 0.361. The number of rotatable bonds is 4. The summed E-state index contributed by atoms with van der Waals surface area (Å²) in [6.45, 7) is 4.40. The second-order valence-corrected chi connectivity index (χ2v) is 6.41. The predicted molar refractivity (Wildman–Crippen MR) is 89.9 cm³/mol. The van der Waals surface area contributed by atoms with Gasteiger partial charge in [-0.15, -0.1) is 0 Å². The van der Waals surface area contributed by atoms with Gasteiger partial charge in [-0.1, -0.05) is 54.4 Å². The van der Waals surface area contributed by atoms with Gasteiger partial charge in [0.25, 0.3) is 0 Å². The molecule has 0 amide bonds. The molecule has 2 heteroatoms. The van der Waals surface area contributed by atoms with Gasteiger partial charge in [-0.25, -0.2) is 0 Å². The molecule has 0 fully saturated rings. The van der Waals surface area contributed by atoms with Crippen molar-refractivity contribution in [3.8, 4) is 0 Å². The monoisotopic (exact) mass is 299 g/mol. The third-order valence-corrected chi connectivity index (χ3v) is 4.68. The van der Waals surface area contributed by atoms with Crippen LogP contribution in [0.2, 0.25) is 5.02 Å². The normalized spacial score (nSPS) is 18.5. The Balaban J connectivity index is 1.82. The van der Waals surface area contributed by atoms with Crippen LogP contribution in [0.5, 0.6) is 0 Å². The van der Waals surface area contributed by atoms with Crippen molar-refractivity contribution in [1.29, 1.82) is 0 Å². The lowest BCUT2D eigenvalue weighted by molar-refractivity contribution is 0.433. The number of hydrogen-bond donors (Lipinski definition) is 1. The van der Waals surface area contributed by atoms with Gasteiger partial charge in [0.05, 0.1) is 0 Å². The highest BCUT2D eigenvalue weighted by Crippen LogP contribution is 2.34. The van der Waals surface area contributed by atoms with Crippen molar-refractivity contribution in [2.75, 3.05) is 0 Å². The third kappa shape index (κ3) is 3.14. The molecule has 2 aromatic carbocycles. The van der Waals surface area contributed by atoms with E-state index in [0.717, 1.165) is 11.4 Å². The van der Waals surface area contributed by atoms with Crippen molar-refractivity contribution in [3.05, 3.63) is 69.7 Å². The molecule has 0 saturated carbocycles. The summed E-state index contributed by atoms with van der Waals surface area (Å²) < 4.78 is 0. The average Bonchev–Trinajstić information content (AvgIpc) is 2.87. The Hall–Kier alpha value is -1.31. The fraction of sp³-hybridized carbons (Fsp3) is 0.368. The van der Waals surface area contributed by atoms with Crippen molar-refractivity contribution >= 4 is 11.6 Å². The molecule has 21 heavy (non-hydrogen) atoms. The molecule has 2 unspecified atom stereocenters. The van der Waals surface area contributed by atoms with Crippen molar-refractivity contribution in [1.82, 2.24) is 5.32 Å². The lowest BCUT2D eigenvalue weighted by Gasteiger charge is -2.23. The van der Waals surface area contributed by atoms with E-state index in [0.29, 0.717) is 12.1 Å². The largest absolute Gasteiger partial charge is 0.303 e. The average molecular weight is 300 g/mol. The summed E-state index contributed by atoms with van der Waals surface area (Å²) in [6, 6.07) is 15.9. The molecule has 0 aromatic heterocycles. The smallest absolute Gasteiger partial charge is 0.0409 e. The lowest BCUT2D eigenvalue weighted by atomic mass is 10.0. The highest BCUT2D eigenvalue weighted by molar-refractivity contribution is 6.30. The molecule has 0 aliphatic heterocycles. The maximum absolute atomic E-state index is 6.14. The molecule has 110 valence electrons.